The van der Waals surface area contributed by atoms with E-state index in [1.807, 2.05) is 6.92 Å². The molecule has 70 valence electrons. The monoisotopic (exact) mass is 184 g/mol. The lowest BCUT2D eigenvalue weighted by atomic mass is 10.3. The quantitative estimate of drug-likeness (QED) is 0.567. The number of hydrogen-bond donors (Lipinski definition) is 1. The molecule has 1 N–H and O–H groups in total. The van der Waals surface area contributed by atoms with Gasteiger partial charge in [0.15, 0.2) is 0 Å². The summed E-state index contributed by atoms with van der Waals surface area (Å²) in [6, 6.07) is 2.81. The zero-order valence-electron chi connectivity index (χ0n) is 7.24. The van der Waals surface area contributed by atoms with Crippen LogP contribution in [0.15, 0.2) is 16.9 Å². The number of aromatic nitrogens is 1. The fourth-order valence-electron chi connectivity index (χ4n) is 1.07. The Kier molecular flexibility index (Phi) is 2.79. The van der Waals surface area contributed by atoms with Gasteiger partial charge < -0.3 is 4.98 Å². The second-order valence-electron chi connectivity index (χ2n) is 2.71. The summed E-state index contributed by atoms with van der Waals surface area (Å²) in [6.07, 6.45) is 1.63. The summed E-state index contributed by atoms with van der Waals surface area (Å²) in [5, 5.41) is 10.3. The van der Waals surface area contributed by atoms with Gasteiger partial charge in [0.05, 0.1) is 4.92 Å². The van der Waals surface area contributed by atoms with E-state index < -0.39 is 16.2 Å². The first-order valence-electron chi connectivity index (χ1n) is 4.01. The van der Waals surface area contributed by atoms with E-state index in [2.05, 4.69) is 4.98 Å². The Morgan fingerprint density at radius 3 is 2.85 bits per heavy atom. The molecule has 0 fully saturated rings. The number of hydrogen-bond acceptors (Lipinski definition) is 3. The third-order valence-electron chi connectivity index (χ3n) is 1.67. The van der Waals surface area contributed by atoms with Gasteiger partial charge in [0.2, 0.25) is 0 Å². The third kappa shape index (κ3) is 2.14. The number of aryl methyl sites for hydroxylation is 1. The average Bonchev–Trinajstić information content (AvgIpc) is 2.04. The molecule has 0 saturated heterocycles. The third-order valence-corrected chi connectivity index (χ3v) is 1.67. The molecule has 0 unspecified atom stereocenters. The van der Waals surface area contributed by atoms with Crippen molar-refractivity contribution in [3.63, 3.8) is 0 Å². The van der Waals surface area contributed by atoms with E-state index in [0.717, 1.165) is 18.5 Å². The molecule has 0 aliphatic rings. The lowest BCUT2D eigenvalue weighted by Gasteiger charge is -1.96. The summed E-state index contributed by atoms with van der Waals surface area (Å²) in [5.41, 5.74) is -0.297. The summed E-state index contributed by atoms with van der Waals surface area (Å²) in [6.45, 7) is 1.97. The Morgan fingerprint density at radius 2 is 2.38 bits per heavy atom. The van der Waals surface area contributed by atoms with Gasteiger partial charge in [-0.25, -0.2) is 0 Å². The molecule has 0 aliphatic carbocycles. The highest BCUT2D eigenvalue weighted by Crippen LogP contribution is 2.04. The van der Waals surface area contributed by atoms with Gasteiger partial charge in [-0.1, -0.05) is 13.3 Å². The first-order chi connectivity index (χ1) is 6.15. The van der Waals surface area contributed by atoms with Crippen LogP contribution in [0.25, 0.3) is 0 Å². The van der Waals surface area contributed by atoms with E-state index >= 15 is 0 Å². The molecule has 5 nitrogen and oxygen atoms in total. The lowest BCUT2D eigenvalue weighted by molar-refractivity contribution is -0.386. The molecule has 1 heterocycles. The Balaban J connectivity index is 3.06. The molecule has 0 atom stereocenters. The van der Waals surface area contributed by atoms with E-state index in [-0.39, 0.29) is 0 Å². The molecule has 0 aliphatic heterocycles. The minimum Gasteiger partial charge on any atom is -0.320 e. The molecule has 0 saturated carbocycles. The Hall–Kier alpha value is -1.65. The van der Waals surface area contributed by atoms with Crippen LogP contribution in [0.5, 0.6) is 0 Å². The predicted molar refractivity (Wildman–Crippen MR) is 47.7 cm³/mol. The maximum atomic E-state index is 11.1. The van der Waals surface area contributed by atoms with E-state index in [1.165, 1.54) is 6.07 Å². The van der Waals surface area contributed by atoms with Crippen molar-refractivity contribution < 1.29 is 4.92 Å². The standard InChI is InChI=1S/C8H10N2O3/c1-2-3-6-4-5-7(10(12)13)8(11)9-6/h4-5H,2-3H2,1H3,(H,9,11)/i5+2. The van der Waals surface area contributed by atoms with Crippen LogP contribution >= 0.6 is 0 Å². The summed E-state index contributed by atoms with van der Waals surface area (Å²) >= 11 is 0. The van der Waals surface area contributed by atoms with Crippen LogP contribution < -0.4 is 5.56 Å². The molecular formula is C8H10N2O3. The van der Waals surface area contributed by atoms with Crippen LogP contribution in [-0.4, -0.2) is 9.91 Å². The van der Waals surface area contributed by atoms with Gasteiger partial charge in [-0.15, -0.1) is 0 Å². The van der Waals surface area contributed by atoms with Crippen LogP contribution in [0.2, 0.25) is 0 Å². The van der Waals surface area contributed by atoms with Crippen molar-refractivity contribution in [3.05, 3.63) is 38.3 Å². The Labute approximate surface area is 74.6 Å². The second kappa shape index (κ2) is 3.84. The van der Waals surface area contributed by atoms with Crippen molar-refractivity contribution in [2.75, 3.05) is 0 Å². The van der Waals surface area contributed by atoms with E-state index in [0.29, 0.717) is 0 Å². The van der Waals surface area contributed by atoms with E-state index in [4.69, 9.17) is 0 Å². The summed E-state index contributed by atoms with van der Waals surface area (Å²) in [7, 11) is 0. The molecule has 1 rings (SSSR count). The lowest BCUT2D eigenvalue weighted by Crippen LogP contribution is -2.12. The van der Waals surface area contributed by atoms with Crippen molar-refractivity contribution in [2.24, 2.45) is 0 Å². The van der Waals surface area contributed by atoms with Gasteiger partial charge in [0.1, 0.15) is 0 Å². The normalized spacial score (nSPS) is 9.92. The van der Waals surface area contributed by atoms with Crippen molar-refractivity contribution in [3.8, 4) is 0 Å². The second-order valence-corrected chi connectivity index (χ2v) is 2.71. The molecule has 5 heteroatoms. The van der Waals surface area contributed by atoms with Crippen LogP contribution in [0.1, 0.15) is 19.0 Å². The maximum absolute atomic E-state index is 11.1. The number of nitrogens with one attached hydrogen (secondary N) is 1. The van der Waals surface area contributed by atoms with Crippen LogP contribution in [0.4, 0.5) is 5.69 Å². The van der Waals surface area contributed by atoms with Gasteiger partial charge in [0.25, 0.3) is 0 Å². The molecule has 0 spiro atoms. The predicted octanol–water partition coefficient (Wildman–Crippen LogP) is 1.24. The first-order valence-corrected chi connectivity index (χ1v) is 4.01. The van der Waals surface area contributed by atoms with Crippen molar-refractivity contribution >= 4 is 5.69 Å². The first kappa shape index (κ1) is 9.44. The molecule has 0 aromatic carbocycles. The highest BCUT2D eigenvalue weighted by Gasteiger charge is 2.10. The van der Waals surface area contributed by atoms with E-state index in [9.17, 15) is 14.9 Å². The maximum Gasteiger partial charge on any atom is 0.333 e. The van der Waals surface area contributed by atoms with Crippen LogP contribution in [0.3, 0.4) is 0 Å². The SMILES string of the molecule is CCCc1c[14cH]c([N+](=O)[O-])c(=O)[nH]1. The molecule has 0 radical (unpaired) electrons. The van der Waals surface area contributed by atoms with Crippen LogP contribution in [0, 0.1) is 10.1 Å². The number of nitro groups is 1. The number of aromatic amines is 1. The summed E-state index contributed by atoms with van der Waals surface area (Å²) in [4.78, 5) is 23.1. The molecule has 0 bridgehead atoms. The Morgan fingerprint density at radius 1 is 1.69 bits per heavy atom. The van der Waals surface area contributed by atoms with Crippen LogP contribution in [-0.2, 0) is 6.42 Å². The van der Waals surface area contributed by atoms with Gasteiger partial charge >= 0.3 is 11.2 Å². The fraction of sp³-hybridized carbons (Fsp3) is 0.375. The minimum absolute atomic E-state index is 0.403. The van der Waals surface area contributed by atoms with Crippen molar-refractivity contribution in [2.45, 2.75) is 19.8 Å². The van der Waals surface area contributed by atoms with E-state index in [1.54, 1.807) is 6.07 Å². The smallest absolute Gasteiger partial charge is 0.320 e. The summed E-state index contributed by atoms with van der Waals surface area (Å²) < 4.78 is 0. The van der Waals surface area contributed by atoms with Gasteiger partial charge in [-0.2, -0.15) is 0 Å². The Bertz CT molecular complexity index is 370. The number of rotatable bonds is 3. The van der Waals surface area contributed by atoms with Crippen molar-refractivity contribution in [1.29, 1.82) is 0 Å². The largest absolute Gasteiger partial charge is 0.333 e. The van der Waals surface area contributed by atoms with Gasteiger partial charge in [-0.3, -0.25) is 14.9 Å². The molecule has 1 aromatic heterocycles. The van der Waals surface area contributed by atoms with Crippen molar-refractivity contribution in [1.82, 2.24) is 4.98 Å². The minimum atomic E-state index is -0.686. The number of nitrogens with zero attached hydrogens (tertiary/aromatic N) is 1. The highest BCUT2D eigenvalue weighted by molar-refractivity contribution is 5.26. The molecular weight excluding hydrogens is 174 g/mol. The molecule has 0 amide bonds. The van der Waals surface area contributed by atoms with Gasteiger partial charge in [-0.05, 0) is 12.5 Å². The fourth-order valence-corrected chi connectivity index (χ4v) is 1.07. The topological polar surface area (TPSA) is 76.0 Å². The average molecular weight is 184 g/mol. The number of H-pyrrole nitrogens is 1. The molecule has 13 heavy (non-hydrogen) atoms. The highest BCUT2D eigenvalue weighted by atomic mass is 16.6. The zero-order chi connectivity index (χ0) is 9.84. The number of pyridine rings is 1. The molecule has 1 aromatic rings. The summed E-state index contributed by atoms with van der Waals surface area (Å²) in [5.74, 6) is 0. The van der Waals surface area contributed by atoms with Gasteiger partial charge in [0, 0.05) is 11.8 Å². The zero-order valence-corrected chi connectivity index (χ0v) is 7.24.